The molecule has 3 fully saturated rings. The third-order valence-corrected chi connectivity index (χ3v) is 15.3. The first-order valence-electron chi connectivity index (χ1n) is 24.8. The molecule has 18 heteroatoms. The number of benzene rings is 1. The predicted octanol–water partition coefficient (Wildman–Crippen LogP) is 3.63. The molecule has 3 aliphatic heterocycles. The second kappa shape index (κ2) is 22.1. The molecule has 1 saturated carbocycles. The highest BCUT2D eigenvalue weighted by Gasteiger charge is 2.56. The summed E-state index contributed by atoms with van der Waals surface area (Å²) in [6.07, 6.45) is -1.06. The maximum absolute atomic E-state index is 13.3. The summed E-state index contributed by atoms with van der Waals surface area (Å²) in [6, 6.07) is 4.74. The van der Waals surface area contributed by atoms with E-state index in [2.05, 4.69) is 16.7 Å². The minimum absolute atomic E-state index is 0.0255. The smallest absolute Gasteiger partial charge is 0.303 e. The van der Waals surface area contributed by atoms with Gasteiger partial charge in [0, 0.05) is 74.5 Å². The van der Waals surface area contributed by atoms with Gasteiger partial charge in [0.15, 0.2) is 12.4 Å². The Bertz CT molecular complexity index is 2230. The van der Waals surface area contributed by atoms with E-state index in [4.69, 9.17) is 28.4 Å². The van der Waals surface area contributed by atoms with Gasteiger partial charge in [-0.2, -0.15) is 0 Å². The van der Waals surface area contributed by atoms with Crippen molar-refractivity contribution in [3.63, 3.8) is 0 Å². The number of methoxy groups -OCH3 is 1. The number of nitrogens with zero attached hydrogens (tertiary/aromatic N) is 1. The molecule has 0 spiro atoms. The van der Waals surface area contributed by atoms with Crippen LogP contribution in [0.25, 0.3) is 0 Å². The van der Waals surface area contributed by atoms with Gasteiger partial charge in [0.2, 0.25) is 11.8 Å². The molecule has 0 aromatic heterocycles. The first-order chi connectivity index (χ1) is 33.1. The lowest BCUT2D eigenvalue weighted by Gasteiger charge is -2.47. The number of aliphatic hydroxyl groups excluding tert-OH is 4. The number of fused-ring (bicyclic) bond motifs is 3. The Balaban J connectivity index is 1.04. The molecule has 3 aliphatic carbocycles. The van der Waals surface area contributed by atoms with Crippen LogP contribution in [0, 0.1) is 29.1 Å². The first-order valence-corrected chi connectivity index (χ1v) is 24.8. The number of piperidine rings is 1. The molecule has 1 aromatic carbocycles. The molecule has 18 nitrogen and oxygen atoms in total. The fourth-order valence-electron chi connectivity index (χ4n) is 11.4. The fraction of sp³-hybridized carbons (Fsp3) is 0.673. The van der Waals surface area contributed by atoms with Gasteiger partial charge in [-0.15, -0.1) is 0 Å². The van der Waals surface area contributed by atoms with E-state index >= 15 is 0 Å². The number of rotatable bonds is 18. The molecule has 6 unspecified atom stereocenters. The van der Waals surface area contributed by atoms with Gasteiger partial charge >= 0.3 is 11.9 Å². The molecule has 2 saturated heterocycles. The van der Waals surface area contributed by atoms with Crippen molar-refractivity contribution >= 4 is 35.3 Å². The predicted molar refractivity (Wildman–Crippen MR) is 253 cm³/mol. The molecule has 70 heavy (non-hydrogen) atoms. The summed E-state index contributed by atoms with van der Waals surface area (Å²) < 4.78 is 36.0. The molecular weight excluding hydrogens is 907 g/mol. The van der Waals surface area contributed by atoms with E-state index in [0.717, 1.165) is 41.7 Å². The van der Waals surface area contributed by atoms with Crippen molar-refractivity contribution in [3.05, 3.63) is 64.3 Å². The van der Waals surface area contributed by atoms with Crippen molar-refractivity contribution in [2.45, 2.75) is 161 Å². The number of carbonyl (C=O) groups is 5. The van der Waals surface area contributed by atoms with Gasteiger partial charge in [0.25, 0.3) is 5.91 Å². The Morgan fingerprint density at radius 2 is 1.80 bits per heavy atom. The summed E-state index contributed by atoms with van der Waals surface area (Å²) >= 11 is 0. The standard InChI is InChI=1S/C52H73N3O15/c1-27(24-66-29(3)56)34-21-40(58)52(7)22-35-31(25-65-8)15-16-32(35)28(2)43(60)46(42(34)52)70-50-45(62)47(68-30(4)57)44(61)39(69-50)26-67-51(5,6)19-10-9-11-20-53-37-14-12-13-33-36(37)23-55(49(33)64)38-17-18-41(59)54-48(38)63/h10,12-14,19,22,27-28,31-32,38-40,43-47,50,53,58,60-62H,9,11,15-18,20-21,23-26H2,1-8H3,(H,54,59,63)/b19-10+,35-22-/t27-,28-,31-,32+,38?,39?,40+,43-,44?,45?,46-,47?,50?,52+/m1/s1. The van der Waals surface area contributed by atoms with Crippen LogP contribution in [0.2, 0.25) is 0 Å². The Kier molecular flexibility index (Phi) is 16.8. The zero-order valence-electron chi connectivity index (χ0n) is 41.7. The minimum atomic E-state index is -1.70. The summed E-state index contributed by atoms with van der Waals surface area (Å²) in [6.45, 7) is 13.1. The molecule has 6 N–H and O–H groups in total. The molecule has 0 radical (unpaired) electrons. The van der Waals surface area contributed by atoms with Gasteiger partial charge in [-0.1, -0.05) is 49.3 Å². The number of hydrogen-bond donors (Lipinski definition) is 6. The summed E-state index contributed by atoms with van der Waals surface area (Å²) in [7, 11) is 1.66. The van der Waals surface area contributed by atoms with Crippen LogP contribution in [0.4, 0.5) is 5.69 Å². The summed E-state index contributed by atoms with van der Waals surface area (Å²) in [5.41, 5.74) is 2.64. The maximum atomic E-state index is 13.3. The van der Waals surface area contributed by atoms with E-state index < -0.39 is 83.9 Å². The van der Waals surface area contributed by atoms with Crippen molar-refractivity contribution in [2.24, 2.45) is 29.1 Å². The number of esters is 2. The van der Waals surface area contributed by atoms with Crippen molar-refractivity contribution in [1.82, 2.24) is 10.2 Å². The van der Waals surface area contributed by atoms with Gasteiger partial charge in [-0.05, 0) is 88.8 Å². The average Bonchev–Trinajstić information content (AvgIpc) is 3.94. The van der Waals surface area contributed by atoms with Crippen molar-refractivity contribution in [2.75, 3.05) is 38.8 Å². The third kappa shape index (κ3) is 11.2. The van der Waals surface area contributed by atoms with Gasteiger partial charge in [0.05, 0.1) is 37.6 Å². The third-order valence-electron chi connectivity index (χ3n) is 15.3. The van der Waals surface area contributed by atoms with Crippen LogP contribution in [-0.4, -0.2) is 149 Å². The zero-order valence-corrected chi connectivity index (χ0v) is 41.7. The van der Waals surface area contributed by atoms with E-state index in [1.165, 1.54) is 18.7 Å². The fourth-order valence-corrected chi connectivity index (χ4v) is 11.4. The number of aliphatic hydroxyl groups is 4. The highest BCUT2D eigenvalue weighted by atomic mass is 16.7. The Hall–Kier alpha value is -4.53. The second-order valence-corrected chi connectivity index (χ2v) is 20.7. The van der Waals surface area contributed by atoms with Crippen LogP contribution in [0.15, 0.2) is 53.1 Å². The number of imide groups is 1. The number of carbonyl (C=O) groups excluding carboxylic acids is 5. The second-order valence-electron chi connectivity index (χ2n) is 20.7. The Labute approximate surface area is 410 Å². The van der Waals surface area contributed by atoms with Crippen LogP contribution in [0.1, 0.15) is 109 Å². The van der Waals surface area contributed by atoms with Crippen molar-refractivity contribution in [1.29, 1.82) is 0 Å². The number of hydrogen-bond acceptors (Lipinski definition) is 16. The number of ether oxygens (including phenoxy) is 6. The number of allylic oxidation sites excluding steroid dienone is 1. The maximum Gasteiger partial charge on any atom is 0.303 e. The topological polar surface area (TPSA) is 249 Å². The number of nitrogens with one attached hydrogen (secondary N) is 2. The molecule has 386 valence electrons. The Morgan fingerprint density at radius 1 is 1.04 bits per heavy atom. The molecule has 1 aromatic rings. The number of unbranched alkanes of at least 4 members (excludes halogenated alkanes) is 1. The number of anilines is 1. The minimum Gasteiger partial charge on any atom is -0.465 e. The summed E-state index contributed by atoms with van der Waals surface area (Å²) in [5.74, 6) is -2.97. The average molecular weight is 980 g/mol. The quantitative estimate of drug-likeness (QED) is 0.0532. The lowest BCUT2D eigenvalue weighted by Crippen LogP contribution is -2.62. The summed E-state index contributed by atoms with van der Waals surface area (Å²) in [4.78, 5) is 63.4. The first kappa shape index (κ1) is 53.3. The normalized spacial score (nSPS) is 34.5. The van der Waals surface area contributed by atoms with E-state index in [-0.39, 0.29) is 74.5 Å². The van der Waals surface area contributed by atoms with Crippen LogP contribution >= 0.6 is 0 Å². The van der Waals surface area contributed by atoms with Crippen LogP contribution in [-0.2, 0) is 54.1 Å². The van der Waals surface area contributed by atoms with Crippen LogP contribution in [0.5, 0.6) is 0 Å². The van der Waals surface area contributed by atoms with Gasteiger partial charge in [-0.25, -0.2) is 0 Å². The number of amides is 3. The lowest BCUT2D eigenvalue weighted by atomic mass is 9.68. The highest BCUT2D eigenvalue weighted by Crippen LogP contribution is 2.56. The summed E-state index contributed by atoms with van der Waals surface area (Å²) in [5, 5.41) is 53.6. The van der Waals surface area contributed by atoms with Gasteiger partial charge in [0.1, 0.15) is 30.5 Å². The van der Waals surface area contributed by atoms with Crippen molar-refractivity contribution < 1.29 is 72.8 Å². The molecule has 6 aliphatic rings. The molecular formula is C52H73N3O15. The largest absolute Gasteiger partial charge is 0.465 e. The molecule has 3 amide bonds. The molecule has 7 rings (SSSR count). The van der Waals surface area contributed by atoms with Crippen LogP contribution in [0.3, 0.4) is 0 Å². The molecule has 3 heterocycles. The van der Waals surface area contributed by atoms with E-state index in [0.29, 0.717) is 30.7 Å². The zero-order chi connectivity index (χ0) is 50.8. The molecule has 14 atom stereocenters. The SMILES string of the molecule is COC[C@H]1CC[C@@H]2/C1=C\[C@]1(C)C(=C([C@H](C)COC(C)=O)C[C@@H]1O)[C@@H](OC1OC(COC(C)(C)/C=C/CCCNc3cccc4c3CN(C3CCC(=O)NC3=O)C4=O)C(O)C(OC(C)=O)C1O)[C@H](O)[C@@H]2C. The van der Waals surface area contributed by atoms with E-state index in [9.17, 15) is 44.4 Å². The monoisotopic (exact) mass is 980 g/mol. The van der Waals surface area contributed by atoms with Crippen LogP contribution < -0.4 is 10.6 Å². The van der Waals surface area contributed by atoms with Gasteiger partial charge in [-0.3, -0.25) is 29.3 Å². The van der Waals surface area contributed by atoms with E-state index in [1.54, 1.807) is 19.2 Å². The van der Waals surface area contributed by atoms with Crippen molar-refractivity contribution in [3.8, 4) is 0 Å². The van der Waals surface area contributed by atoms with Gasteiger partial charge < -0.3 is 59.1 Å². The lowest BCUT2D eigenvalue weighted by molar-refractivity contribution is -0.320. The highest BCUT2D eigenvalue weighted by molar-refractivity contribution is 6.06. The Morgan fingerprint density at radius 3 is 2.50 bits per heavy atom. The molecule has 0 bridgehead atoms. The van der Waals surface area contributed by atoms with E-state index in [1.807, 2.05) is 52.8 Å².